The number of nitrogens with one attached hydrogen (secondary N) is 1. The van der Waals surface area contributed by atoms with E-state index >= 15 is 0 Å². The van der Waals surface area contributed by atoms with Gasteiger partial charge in [-0.2, -0.15) is 0 Å². The number of amides is 1. The molecule has 0 radical (unpaired) electrons. The van der Waals surface area contributed by atoms with Crippen LogP contribution >= 0.6 is 0 Å². The summed E-state index contributed by atoms with van der Waals surface area (Å²) in [7, 11) is 3.17. The van der Waals surface area contributed by atoms with Gasteiger partial charge in [0.05, 0.1) is 20.3 Å². The number of ether oxygens (including phenoxy) is 3. The Hall–Kier alpha value is -2.95. The van der Waals surface area contributed by atoms with Crippen molar-refractivity contribution in [1.29, 1.82) is 0 Å². The Bertz CT molecular complexity index is 753. The number of methoxy groups -OCH3 is 2. The maximum atomic E-state index is 12.1. The lowest BCUT2D eigenvalue weighted by Crippen LogP contribution is -2.08. The summed E-state index contributed by atoms with van der Waals surface area (Å²) >= 11 is 0. The first-order chi connectivity index (χ1) is 12.0. The third-order valence-corrected chi connectivity index (χ3v) is 3.31. The Balaban J connectivity index is 2.06. The van der Waals surface area contributed by atoms with Crippen LogP contribution in [0.2, 0.25) is 0 Å². The van der Waals surface area contributed by atoms with E-state index in [-0.39, 0.29) is 12.0 Å². The van der Waals surface area contributed by atoms with Gasteiger partial charge >= 0.3 is 0 Å². The largest absolute Gasteiger partial charge is 0.497 e. The number of anilines is 1. The first-order valence-electron chi connectivity index (χ1n) is 7.99. The van der Waals surface area contributed by atoms with Gasteiger partial charge in [0.15, 0.2) is 11.5 Å². The van der Waals surface area contributed by atoms with Crippen molar-refractivity contribution in [2.45, 2.75) is 20.0 Å². The molecule has 0 aliphatic carbocycles. The second-order valence-corrected chi connectivity index (χ2v) is 5.63. The van der Waals surface area contributed by atoms with Crippen LogP contribution in [0, 0.1) is 0 Å². The molecule has 132 valence electrons. The highest BCUT2D eigenvalue weighted by Crippen LogP contribution is 2.29. The molecule has 0 aliphatic heterocycles. The van der Waals surface area contributed by atoms with Crippen LogP contribution in [0.4, 0.5) is 5.69 Å². The first kappa shape index (κ1) is 18.4. The van der Waals surface area contributed by atoms with Crippen molar-refractivity contribution in [2.75, 3.05) is 19.5 Å². The summed E-state index contributed by atoms with van der Waals surface area (Å²) in [4.78, 5) is 12.1. The van der Waals surface area contributed by atoms with Gasteiger partial charge in [0, 0.05) is 17.8 Å². The van der Waals surface area contributed by atoms with Gasteiger partial charge in [-0.05, 0) is 49.8 Å². The standard InChI is InChI=1S/C20H23NO4/c1-14(2)25-18-10-8-15(12-19(18)24-4)9-11-20(22)21-16-6-5-7-17(13-16)23-3/h5-14H,1-4H3,(H,21,22). The molecular weight excluding hydrogens is 318 g/mol. The molecule has 0 bridgehead atoms. The van der Waals surface area contributed by atoms with E-state index in [9.17, 15) is 4.79 Å². The SMILES string of the molecule is COc1cccc(NC(=O)C=Cc2ccc(OC(C)C)c(OC)c2)c1. The van der Waals surface area contributed by atoms with Crippen LogP contribution in [0.25, 0.3) is 6.08 Å². The van der Waals surface area contributed by atoms with Gasteiger partial charge in [-0.1, -0.05) is 12.1 Å². The Labute approximate surface area is 148 Å². The molecule has 5 nitrogen and oxygen atoms in total. The van der Waals surface area contributed by atoms with Crippen molar-refractivity contribution in [2.24, 2.45) is 0 Å². The van der Waals surface area contributed by atoms with Gasteiger partial charge in [0.25, 0.3) is 0 Å². The van der Waals surface area contributed by atoms with E-state index in [1.807, 2.05) is 44.2 Å². The molecular formula is C20H23NO4. The van der Waals surface area contributed by atoms with Crippen LogP contribution in [0.5, 0.6) is 17.2 Å². The molecule has 0 unspecified atom stereocenters. The predicted molar refractivity (Wildman–Crippen MR) is 99.4 cm³/mol. The van der Waals surface area contributed by atoms with Gasteiger partial charge in [-0.25, -0.2) is 0 Å². The number of hydrogen-bond acceptors (Lipinski definition) is 4. The molecule has 5 heteroatoms. The summed E-state index contributed by atoms with van der Waals surface area (Å²) in [6.07, 6.45) is 3.25. The highest BCUT2D eigenvalue weighted by Gasteiger charge is 2.07. The van der Waals surface area contributed by atoms with E-state index in [0.29, 0.717) is 22.9 Å². The summed E-state index contributed by atoms with van der Waals surface area (Å²) in [6.45, 7) is 3.91. The molecule has 1 N–H and O–H groups in total. The molecule has 0 aromatic heterocycles. The molecule has 2 aromatic rings. The fourth-order valence-electron chi connectivity index (χ4n) is 2.20. The Morgan fingerprint density at radius 1 is 1.04 bits per heavy atom. The third kappa shape index (κ3) is 5.57. The Morgan fingerprint density at radius 2 is 1.84 bits per heavy atom. The van der Waals surface area contributed by atoms with Crippen LogP contribution in [-0.2, 0) is 4.79 Å². The number of benzene rings is 2. The van der Waals surface area contributed by atoms with E-state index in [4.69, 9.17) is 14.2 Å². The molecule has 0 saturated heterocycles. The maximum Gasteiger partial charge on any atom is 0.248 e. The van der Waals surface area contributed by atoms with E-state index in [1.165, 1.54) is 6.08 Å². The molecule has 25 heavy (non-hydrogen) atoms. The lowest BCUT2D eigenvalue weighted by molar-refractivity contribution is -0.111. The van der Waals surface area contributed by atoms with Gasteiger partial charge in [-0.3, -0.25) is 4.79 Å². The monoisotopic (exact) mass is 341 g/mol. The second kappa shape index (κ2) is 8.78. The molecule has 2 rings (SSSR count). The van der Waals surface area contributed by atoms with Gasteiger partial charge in [-0.15, -0.1) is 0 Å². The van der Waals surface area contributed by atoms with Gasteiger partial charge < -0.3 is 19.5 Å². The number of carbonyl (C=O) groups is 1. The normalized spacial score (nSPS) is 10.8. The van der Waals surface area contributed by atoms with E-state index in [1.54, 1.807) is 32.4 Å². The molecule has 0 fully saturated rings. The van der Waals surface area contributed by atoms with Gasteiger partial charge in [0.1, 0.15) is 5.75 Å². The molecule has 0 aliphatic rings. The highest BCUT2D eigenvalue weighted by molar-refractivity contribution is 6.02. The number of carbonyl (C=O) groups excluding carboxylic acids is 1. The summed E-state index contributed by atoms with van der Waals surface area (Å²) in [5.41, 5.74) is 1.51. The average Bonchev–Trinajstić information content (AvgIpc) is 2.60. The van der Waals surface area contributed by atoms with E-state index in [2.05, 4.69) is 5.32 Å². The summed E-state index contributed by atoms with van der Waals surface area (Å²) in [6, 6.07) is 12.7. The molecule has 0 atom stereocenters. The smallest absolute Gasteiger partial charge is 0.248 e. The average molecular weight is 341 g/mol. The van der Waals surface area contributed by atoms with Crippen LogP contribution in [0.3, 0.4) is 0 Å². The predicted octanol–water partition coefficient (Wildman–Crippen LogP) is 4.14. The molecule has 2 aromatic carbocycles. The minimum atomic E-state index is -0.227. The molecule has 0 saturated carbocycles. The minimum absolute atomic E-state index is 0.0592. The summed E-state index contributed by atoms with van der Waals surface area (Å²) in [5.74, 6) is 1.77. The zero-order chi connectivity index (χ0) is 18.2. The van der Waals surface area contributed by atoms with Crippen molar-refractivity contribution in [3.63, 3.8) is 0 Å². The van der Waals surface area contributed by atoms with E-state index in [0.717, 1.165) is 5.56 Å². The Morgan fingerprint density at radius 3 is 2.52 bits per heavy atom. The van der Waals surface area contributed by atoms with Gasteiger partial charge in [0.2, 0.25) is 5.91 Å². The fourth-order valence-corrected chi connectivity index (χ4v) is 2.20. The maximum absolute atomic E-state index is 12.1. The fraction of sp³-hybridized carbons (Fsp3) is 0.250. The summed E-state index contributed by atoms with van der Waals surface area (Å²) in [5, 5.41) is 2.79. The lowest BCUT2D eigenvalue weighted by atomic mass is 10.2. The zero-order valence-electron chi connectivity index (χ0n) is 14.9. The third-order valence-electron chi connectivity index (χ3n) is 3.31. The number of hydrogen-bond donors (Lipinski definition) is 1. The van der Waals surface area contributed by atoms with E-state index < -0.39 is 0 Å². The Kier molecular flexibility index (Phi) is 6.46. The highest BCUT2D eigenvalue weighted by atomic mass is 16.5. The molecule has 1 amide bonds. The van der Waals surface area contributed by atoms with Crippen molar-refractivity contribution < 1.29 is 19.0 Å². The van der Waals surface area contributed by atoms with Crippen LogP contribution in [0.15, 0.2) is 48.5 Å². The topological polar surface area (TPSA) is 56.8 Å². The minimum Gasteiger partial charge on any atom is -0.497 e. The van der Waals surface area contributed by atoms with Crippen LogP contribution in [0.1, 0.15) is 19.4 Å². The van der Waals surface area contributed by atoms with Crippen LogP contribution < -0.4 is 19.5 Å². The molecule has 0 heterocycles. The van der Waals surface area contributed by atoms with Crippen LogP contribution in [-0.4, -0.2) is 26.2 Å². The zero-order valence-corrected chi connectivity index (χ0v) is 14.9. The number of rotatable bonds is 7. The summed E-state index contributed by atoms with van der Waals surface area (Å²) < 4.78 is 16.2. The van der Waals surface area contributed by atoms with Crippen molar-refractivity contribution in [3.05, 3.63) is 54.1 Å². The molecule has 0 spiro atoms. The van der Waals surface area contributed by atoms with Crippen molar-refractivity contribution in [1.82, 2.24) is 0 Å². The lowest BCUT2D eigenvalue weighted by Gasteiger charge is -2.13. The van der Waals surface area contributed by atoms with Crippen molar-refractivity contribution >= 4 is 17.7 Å². The quantitative estimate of drug-likeness (QED) is 0.769. The van der Waals surface area contributed by atoms with Crippen molar-refractivity contribution in [3.8, 4) is 17.2 Å². The second-order valence-electron chi connectivity index (χ2n) is 5.63. The first-order valence-corrected chi connectivity index (χ1v) is 7.99.